The molecule has 0 bridgehead atoms. The number of hydrogen-bond donors (Lipinski definition) is 3. The second-order valence-corrected chi connectivity index (χ2v) is 9.67. The maximum absolute atomic E-state index is 6.18. The number of hydrogen-bond acceptors (Lipinski definition) is 5. The Hall–Kier alpha value is -3.34. The van der Waals surface area contributed by atoms with Crippen molar-refractivity contribution < 1.29 is 4.74 Å². The lowest BCUT2D eigenvalue weighted by Gasteiger charge is -2.26. The average molecular weight is 443 g/mol. The molecule has 5 rings (SSSR count). The van der Waals surface area contributed by atoms with Gasteiger partial charge >= 0.3 is 0 Å². The first-order valence-corrected chi connectivity index (χ1v) is 11.5. The number of nitrogens with one attached hydrogen (secondary N) is 2. The highest BCUT2D eigenvalue weighted by Gasteiger charge is 2.15. The van der Waals surface area contributed by atoms with E-state index in [1.165, 1.54) is 5.69 Å². The van der Waals surface area contributed by atoms with Gasteiger partial charge in [-0.3, -0.25) is 10.00 Å². The van der Waals surface area contributed by atoms with Crippen molar-refractivity contribution >= 4 is 27.8 Å². The summed E-state index contributed by atoms with van der Waals surface area (Å²) in [6.45, 7) is 10.9. The minimum Gasteiger partial charge on any atom is -0.382 e. The molecule has 1 saturated heterocycles. The fraction of sp³-hybridized carbons (Fsp3) is 0.385. The van der Waals surface area contributed by atoms with Gasteiger partial charge in [0.15, 0.2) is 5.82 Å². The van der Waals surface area contributed by atoms with E-state index < -0.39 is 0 Å². The third-order valence-corrected chi connectivity index (χ3v) is 5.97. The molecule has 7 nitrogen and oxygen atoms in total. The first-order valence-electron chi connectivity index (χ1n) is 11.5. The minimum atomic E-state index is -0.103. The van der Waals surface area contributed by atoms with Crippen LogP contribution in [0.4, 0.5) is 5.82 Å². The molecule has 0 radical (unpaired) electrons. The first kappa shape index (κ1) is 21.5. The van der Waals surface area contributed by atoms with Crippen LogP contribution in [0.2, 0.25) is 0 Å². The van der Waals surface area contributed by atoms with Crippen LogP contribution >= 0.6 is 0 Å². The lowest BCUT2D eigenvalue weighted by atomic mass is 9.95. The standard InChI is InChI=1S/C26H30N6O/c1-26(2,3)7-4-17-14-18(15-22-23(17)30-31-24(22)27)20-5-8-28-25-21(20)16-19(29-25)6-9-32-10-12-33-13-11-32/h5,8,14-16H,6,9-13H2,1-3H3,(H,28,29)(H3,27,30,31). The van der Waals surface area contributed by atoms with E-state index in [-0.39, 0.29) is 5.41 Å². The third kappa shape index (κ3) is 4.58. The number of H-pyrrole nitrogens is 2. The lowest BCUT2D eigenvalue weighted by molar-refractivity contribution is 0.0383. The molecule has 0 atom stereocenters. The topological polar surface area (TPSA) is 95.8 Å². The van der Waals surface area contributed by atoms with Gasteiger partial charge in [-0.25, -0.2) is 4.98 Å². The van der Waals surface area contributed by atoms with Gasteiger partial charge in [0.05, 0.1) is 24.3 Å². The number of aromatic nitrogens is 4. The zero-order chi connectivity index (χ0) is 23.0. The molecule has 0 aliphatic carbocycles. The highest BCUT2D eigenvalue weighted by Crippen LogP contribution is 2.33. The third-order valence-electron chi connectivity index (χ3n) is 5.97. The quantitative estimate of drug-likeness (QED) is 0.416. The summed E-state index contributed by atoms with van der Waals surface area (Å²) in [7, 11) is 0. The van der Waals surface area contributed by atoms with Crippen molar-refractivity contribution in [3.63, 3.8) is 0 Å². The first-order chi connectivity index (χ1) is 15.9. The smallest absolute Gasteiger partial charge is 0.153 e. The Morgan fingerprint density at radius 2 is 1.97 bits per heavy atom. The van der Waals surface area contributed by atoms with Gasteiger partial charge in [0, 0.05) is 54.1 Å². The summed E-state index contributed by atoms with van der Waals surface area (Å²) in [5.41, 5.74) is 12.1. The van der Waals surface area contributed by atoms with Crippen LogP contribution in [0.3, 0.4) is 0 Å². The van der Waals surface area contributed by atoms with Gasteiger partial charge in [0.2, 0.25) is 0 Å². The van der Waals surface area contributed by atoms with Crippen LogP contribution in [-0.2, 0) is 11.2 Å². The molecule has 3 aromatic heterocycles. The van der Waals surface area contributed by atoms with Crippen LogP contribution in [0.25, 0.3) is 33.1 Å². The minimum absolute atomic E-state index is 0.103. The van der Waals surface area contributed by atoms with Gasteiger partial charge in [-0.05, 0) is 56.2 Å². The largest absolute Gasteiger partial charge is 0.382 e. The summed E-state index contributed by atoms with van der Waals surface area (Å²) in [5, 5.41) is 9.26. The highest BCUT2D eigenvalue weighted by atomic mass is 16.5. The van der Waals surface area contributed by atoms with Gasteiger partial charge in [-0.15, -0.1) is 0 Å². The summed E-state index contributed by atoms with van der Waals surface area (Å²) in [4.78, 5) is 10.5. The van der Waals surface area contributed by atoms with E-state index >= 15 is 0 Å². The van der Waals surface area contributed by atoms with Gasteiger partial charge in [0.1, 0.15) is 5.65 Å². The van der Waals surface area contributed by atoms with E-state index in [0.717, 1.165) is 77.9 Å². The molecule has 4 N–H and O–H groups in total. The molecule has 4 aromatic rings. The average Bonchev–Trinajstić information content (AvgIpc) is 3.39. The van der Waals surface area contributed by atoms with E-state index in [0.29, 0.717) is 5.82 Å². The SMILES string of the molecule is CC(C)(C)C#Cc1cc(-c2ccnc3[nH]c(CCN4CCOCC4)cc23)cc2c(N)n[nH]c12. The summed E-state index contributed by atoms with van der Waals surface area (Å²) in [6.07, 6.45) is 2.80. The normalized spacial score (nSPS) is 15.1. The maximum Gasteiger partial charge on any atom is 0.153 e. The van der Waals surface area contributed by atoms with E-state index in [1.54, 1.807) is 0 Å². The number of nitrogens with zero attached hydrogens (tertiary/aromatic N) is 3. The number of rotatable bonds is 4. The van der Waals surface area contributed by atoms with Crippen LogP contribution in [0.5, 0.6) is 0 Å². The maximum atomic E-state index is 6.18. The molecule has 0 saturated carbocycles. The summed E-state index contributed by atoms with van der Waals surface area (Å²) in [6, 6.07) is 8.49. The molecule has 0 spiro atoms. The van der Waals surface area contributed by atoms with Gasteiger partial charge < -0.3 is 15.5 Å². The van der Waals surface area contributed by atoms with Crippen molar-refractivity contribution in [2.24, 2.45) is 5.41 Å². The number of nitrogens with two attached hydrogens (primary N) is 1. The number of aromatic amines is 2. The van der Waals surface area contributed by atoms with Crippen LogP contribution < -0.4 is 5.73 Å². The van der Waals surface area contributed by atoms with Gasteiger partial charge in [-0.2, -0.15) is 5.10 Å². The van der Waals surface area contributed by atoms with Crippen molar-refractivity contribution in [1.82, 2.24) is 25.1 Å². The predicted octanol–water partition coefficient (Wildman–Crippen LogP) is 3.96. The van der Waals surface area contributed by atoms with Crippen molar-refractivity contribution in [2.45, 2.75) is 27.2 Å². The monoisotopic (exact) mass is 442 g/mol. The van der Waals surface area contributed by atoms with Crippen LogP contribution in [0, 0.1) is 17.3 Å². The zero-order valence-electron chi connectivity index (χ0n) is 19.5. The molecular formula is C26H30N6O. The molecular weight excluding hydrogens is 412 g/mol. The Morgan fingerprint density at radius 1 is 1.15 bits per heavy atom. The summed E-state index contributed by atoms with van der Waals surface area (Å²) >= 11 is 0. The zero-order valence-corrected chi connectivity index (χ0v) is 19.5. The molecule has 4 heterocycles. The predicted molar refractivity (Wildman–Crippen MR) is 133 cm³/mol. The fourth-order valence-electron chi connectivity index (χ4n) is 4.22. The molecule has 7 heteroatoms. The van der Waals surface area contributed by atoms with E-state index in [1.807, 2.05) is 6.20 Å². The molecule has 0 unspecified atom stereocenters. The van der Waals surface area contributed by atoms with E-state index in [2.05, 4.69) is 81.9 Å². The number of anilines is 1. The number of benzene rings is 1. The number of pyridine rings is 1. The number of fused-ring (bicyclic) bond motifs is 2. The lowest BCUT2D eigenvalue weighted by Crippen LogP contribution is -2.37. The number of ether oxygens (including phenoxy) is 1. The molecule has 33 heavy (non-hydrogen) atoms. The second-order valence-electron chi connectivity index (χ2n) is 9.67. The Bertz CT molecular complexity index is 1360. The number of nitrogen functional groups attached to an aromatic ring is 1. The van der Waals surface area contributed by atoms with Crippen molar-refractivity contribution in [1.29, 1.82) is 0 Å². The number of morpholine rings is 1. The van der Waals surface area contributed by atoms with E-state index in [4.69, 9.17) is 10.5 Å². The van der Waals surface area contributed by atoms with Crippen molar-refractivity contribution in [3.05, 3.63) is 41.7 Å². The Kier molecular flexibility index (Phi) is 5.57. The van der Waals surface area contributed by atoms with Crippen molar-refractivity contribution in [3.8, 4) is 23.0 Å². The fourth-order valence-corrected chi connectivity index (χ4v) is 4.22. The molecule has 1 fully saturated rings. The molecule has 1 aliphatic heterocycles. The van der Waals surface area contributed by atoms with Crippen LogP contribution in [0.15, 0.2) is 30.5 Å². The molecule has 1 aromatic carbocycles. The van der Waals surface area contributed by atoms with Gasteiger partial charge in [-0.1, -0.05) is 11.8 Å². The van der Waals surface area contributed by atoms with Crippen molar-refractivity contribution in [2.75, 3.05) is 38.6 Å². The second kappa shape index (κ2) is 8.54. The molecule has 1 aliphatic rings. The molecule has 170 valence electrons. The Morgan fingerprint density at radius 3 is 2.76 bits per heavy atom. The molecule has 0 amide bonds. The highest BCUT2D eigenvalue weighted by molar-refractivity contribution is 6.00. The van der Waals surface area contributed by atoms with Gasteiger partial charge in [0.25, 0.3) is 0 Å². The van der Waals surface area contributed by atoms with Crippen LogP contribution in [0.1, 0.15) is 32.0 Å². The summed E-state index contributed by atoms with van der Waals surface area (Å²) in [5.74, 6) is 7.16. The summed E-state index contributed by atoms with van der Waals surface area (Å²) < 4.78 is 5.46. The Balaban J connectivity index is 1.54. The Labute approximate surface area is 193 Å². The van der Waals surface area contributed by atoms with E-state index in [9.17, 15) is 0 Å². The van der Waals surface area contributed by atoms with Crippen LogP contribution in [-0.4, -0.2) is 57.9 Å².